The minimum Gasteiger partial charge on any atom is -0.325 e. The highest BCUT2D eigenvalue weighted by Gasteiger charge is 2.18. The van der Waals surface area contributed by atoms with Crippen molar-refractivity contribution in [2.24, 2.45) is 7.05 Å². The number of carbonyl (C=O) groups excluding carboxylic acids is 1. The fraction of sp³-hybridized carbons (Fsp3) is 0.154. The zero-order valence-electron chi connectivity index (χ0n) is 11.2. The van der Waals surface area contributed by atoms with Crippen molar-refractivity contribution in [2.75, 3.05) is 0 Å². The maximum absolute atomic E-state index is 11.8. The van der Waals surface area contributed by atoms with Crippen LogP contribution in [0.4, 0.5) is 0 Å². The van der Waals surface area contributed by atoms with E-state index in [-0.39, 0.29) is 16.6 Å². The molecule has 8 heteroatoms. The fourth-order valence-electron chi connectivity index (χ4n) is 2.27. The first-order chi connectivity index (χ1) is 9.88. The molecular weight excluding hydrogens is 292 g/mol. The van der Waals surface area contributed by atoms with Crippen molar-refractivity contribution in [3.05, 3.63) is 44.1 Å². The van der Waals surface area contributed by atoms with Crippen LogP contribution in [0.2, 0.25) is 0 Å². The van der Waals surface area contributed by atoms with Gasteiger partial charge in [0.2, 0.25) is 5.12 Å². The smallest absolute Gasteiger partial charge is 0.325 e. The number of H-pyrrole nitrogens is 1. The topological polar surface area (TPSA) is 97.7 Å². The fourth-order valence-corrected chi connectivity index (χ4v) is 2.51. The van der Waals surface area contributed by atoms with Crippen LogP contribution in [0.3, 0.4) is 0 Å². The van der Waals surface area contributed by atoms with Crippen LogP contribution in [-0.2, 0) is 7.05 Å². The number of hydrogen-bond donors (Lipinski definition) is 2. The molecule has 1 N–H and O–H groups in total. The number of aromatic nitrogens is 4. The number of nitrogens with zero attached hydrogens (tertiary/aromatic N) is 3. The highest BCUT2D eigenvalue weighted by Crippen LogP contribution is 2.23. The van der Waals surface area contributed by atoms with E-state index in [9.17, 15) is 14.4 Å². The highest BCUT2D eigenvalue weighted by atomic mass is 32.1. The third-order valence-electron chi connectivity index (χ3n) is 3.32. The lowest BCUT2D eigenvalue weighted by Crippen LogP contribution is -2.28. The second-order valence-electron chi connectivity index (χ2n) is 4.68. The number of aryl methyl sites for hydroxylation is 2. The van der Waals surface area contributed by atoms with Gasteiger partial charge in [0.05, 0.1) is 11.0 Å². The monoisotopic (exact) mass is 302 g/mol. The summed E-state index contributed by atoms with van der Waals surface area (Å²) in [6.07, 6.45) is 0. The standard InChI is InChI=1S/C13H10N4O3S/c1-5-3-7-8(4-6(5)12(19)21)17(2)10-9(14-7)11(18)16-13(20)15-10/h3-4H,1-2H3,(H,19,21)(H,16,18,20). The van der Waals surface area contributed by atoms with Crippen LogP contribution in [-0.4, -0.2) is 24.6 Å². The Morgan fingerprint density at radius 3 is 2.67 bits per heavy atom. The van der Waals surface area contributed by atoms with E-state index in [4.69, 9.17) is 0 Å². The first kappa shape index (κ1) is 13.5. The van der Waals surface area contributed by atoms with Gasteiger partial charge in [-0.05, 0) is 24.6 Å². The first-order valence-corrected chi connectivity index (χ1v) is 6.48. The molecule has 0 saturated heterocycles. The van der Waals surface area contributed by atoms with Gasteiger partial charge >= 0.3 is 5.69 Å². The molecular formula is C13H10N4O3S. The zero-order valence-corrected chi connectivity index (χ0v) is 12.1. The van der Waals surface area contributed by atoms with E-state index in [1.54, 1.807) is 30.7 Å². The van der Waals surface area contributed by atoms with Crippen LogP contribution in [0.1, 0.15) is 15.9 Å². The van der Waals surface area contributed by atoms with E-state index < -0.39 is 11.2 Å². The Balaban J connectivity index is 2.55. The Bertz CT molecular complexity index is 989. The summed E-state index contributed by atoms with van der Waals surface area (Å²) in [4.78, 5) is 44.8. The van der Waals surface area contributed by atoms with Gasteiger partial charge in [-0.15, -0.1) is 12.6 Å². The SMILES string of the molecule is Cc1cc2nc3c(=O)[nH]c(=O)nc-3n(C)c2cc1C(=O)S. The molecule has 0 aromatic heterocycles. The Kier molecular flexibility index (Phi) is 2.91. The molecule has 2 aliphatic rings. The summed E-state index contributed by atoms with van der Waals surface area (Å²) >= 11 is 3.83. The second kappa shape index (κ2) is 4.52. The van der Waals surface area contributed by atoms with E-state index in [1.165, 1.54) is 0 Å². The van der Waals surface area contributed by atoms with Gasteiger partial charge in [-0.2, -0.15) is 4.98 Å². The summed E-state index contributed by atoms with van der Waals surface area (Å²) < 4.78 is 1.56. The summed E-state index contributed by atoms with van der Waals surface area (Å²) in [5, 5.41) is -0.363. The molecule has 0 radical (unpaired) electrons. The Morgan fingerprint density at radius 2 is 2.00 bits per heavy atom. The number of benzene rings is 1. The van der Waals surface area contributed by atoms with E-state index in [0.29, 0.717) is 22.2 Å². The Hall–Kier alpha value is -2.48. The minimum atomic E-state index is -0.734. The number of fused-ring (bicyclic) bond motifs is 2. The molecule has 0 atom stereocenters. The molecule has 0 unspecified atom stereocenters. The van der Waals surface area contributed by atoms with Gasteiger partial charge in [0, 0.05) is 12.6 Å². The van der Waals surface area contributed by atoms with E-state index >= 15 is 0 Å². The molecule has 1 aromatic rings. The van der Waals surface area contributed by atoms with Gasteiger partial charge < -0.3 is 4.57 Å². The minimum absolute atomic E-state index is 0.0777. The number of rotatable bonds is 1. The van der Waals surface area contributed by atoms with Crippen molar-refractivity contribution < 1.29 is 4.79 Å². The van der Waals surface area contributed by atoms with Crippen molar-refractivity contribution >= 4 is 28.8 Å². The van der Waals surface area contributed by atoms with Crippen LogP contribution < -0.4 is 11.2 Å². The van der Waals surface area contributed by atoms with Crippen LogP contribution in [0.25, 0.3) is 22.6 Å². The van der Waals surface area contributed by atoms with Gasteiger partial charge in [0.1, 0.15) is 0 Å². The summed E-state index contributed by atoms with van der Waals surface area (Å²) in [6, 6.07) is 3.32. The van der Waals surface area contributed by atoms with Crippen LogP contribution in [0.15, 0.2) is 21.7 Å². The predicted molar refractivity (Wildman–Crippen MR) is 80.1 cm³/mol. The number of thiol groups is 1. The van der Waals surface area contributed by atoms with Crippen molar-refractivity contribution in [3.63, 3.8) is 0 Å². The predicted octanol–water partition coefficient (Wildman–Crippen LogP) is 0.500. The first-order valence-electron chi connectivity index (χ1n) is 6.03. The summed E-state index contributed by atoms with van der Waals surface area (Å²) in [5.41, 5.74) is 1.02. The summed E-state index contributed by atoms with van der Waals surface area (Å²) in [5.74, 6) is 0.165. The Labute approximate surface area is 123 Å². The largest absolute Gasteiger partial charge is 0.349 e. The van der Waals surface area contributed by atoms with Gasteiger partial charge in [-0.3, -0.25) is 14.6 Å². The molecule has 0 spiro atoms. The molecule has 106 valence electrons. The molecule has 0 bridgehead atoms. The second-order valence-corrected chi connectivity index (χ2v) is 5.08. The average molecular weight is 302 g/mol. The molecule has 1 aromatic carbocycles. The molecule has 0 fully saturated rings. The number of hydrogen-bond acceptors (Lipinski definition) is 5. The molecule has 3 rings (SSSR count). The lowest BCUT2D eigenvalue weighted by molar-refractivity contribution is 0.109. The number of carbonyl (C=O) groups is 1. The van der Waals surface area contributed by atoms with Gasteiger partial charge in [0.15, 0.2) is 11.5 Å². The number of aromatic amines is 1. The Morgan fingerprint density at radius 1 is 1.29 bits per heavy atom. The maximum atomic E-state index is 11.8. The third kappa shape index (κ3) is 2.04. The van der Waals surface area contributed by atoms with E-state index in [0.717, 1.165) is 0 Å². The molecule has 0 amide bonds. The quantitative estimate of drug-likeness (QED) is 0.504. The molecule has 2 aliphatic heterocycles. The lowest BCUT2D eigenvalue weighted by atomic mass is 10.1. The molecule has 0 aliphatic carbocycles. The van der Waals surface area contributed by atoms with E-state index in [1.807, 2.05) is 0 Å². The van der Waals surface area contributed by atoms with Gasteiger partial charge in [-0.1, -0.05) is 0 Å². The van der Waals surface area contributed by atoms with Crippen LogP contribution >= 0.6 is 12.6 Å². The van der Waals surface area contributed by atoms with Crippen molar-refractivity contribution in [1.82, 2.24) is 19.5 Å². The number of nitrogens with one attached hydrogen (secondary N) is 1. The highest BCUT2D eigenvalue weighted by molar-refractivity contribution is 7.97. The van der Waals surface area contributed by atoms with E-state index in [2.05, 4.69) is 27.6 Å². The molecule has 7 nitrogen and oxygen atoms in total. The van der Waals surface area contributed by atoms with Crippen molar-refractivity contribution in [2.45, 2.75) is 6.92 Å². The van der Waals surface area contributed by atoms with Crippen LogP contribution in [0, 0.1) is 6.92 Å². The molecule has 0 saturated carbocycles. The third-order valence-corrected chi connectivity index (χ3v) is 3.56. The van der Waals surface area contributed by atoms with Crippen molar-refractivity contribution in [3.8, 4) is 11.5 Å². The van der Waals surface area contributed by atoms with Crippen molar-refractivity contribution in [1.29, 1.82) is 0 Å². The van der Waals surface area contributed by atoms with Gasteiger partial charge in [-0.25, -0.2) is 9.78 Å². The zero-order chi connectivity index (χ0) is 15.3. The summed E-state index contributed by atoms with van der Waals surface area (Å²) in [7, 11) is 1.65. The molecule has 21 heavy (non-hydrogen) atoms. The lowest BCUT2D eigenvalue weighted by Gasteiger charge is -2.13. The summed E-state index contributed by atoms with van der Waals surface area (Å²) in [6.45, 7) is 1.76. The maximum Gasteiger partial charge on any atom is 0.349 e. The average Bonchev–Trinajstić information content (AvgIpc) is 2.39. The van der Waals surface area contributed by atoms with Crippen LogP contribution in [0.5, 0.6) is 0 Å². The molecule has 2 heterocycles. The van der Waals surface area contributed by atoms with Gasteiger partial charge in [0.25, 0.3) is 5.56 Å². The normalized spacial score (nSPS) is 11.2.